The molecule has 2 nitrogen and oxygen atoms in total. The Bertz CT molecular complexity index is 633. The van der Waals surface area contributed by atoms with E-state index < -0.39 is 18.2 Å². The number of alkyl halides is 2. The lowest BCUT2D eigenvalue weighted by molar-refractivity contribution is 0.0489. The van der Waals surface area contributed by atoms with Gasteiger partial charge in [-0.15, -0.1) is 6.58 Å². The van der Waals surface area contributed by atoms with Crippen LogP contribution in [0.3, 0.4) is 0 Å². The van der Waals surface area contributed by atoms with E-state index in [4.69, 9.17) is 5.73 Å². The third-order valence-electron chi connectivity index (χ3n) is 3.62. The number of nitrogen functional groups attached to an aromatic ring is 1. The van der Waals surface area contributed by atoms with Gasteiger partial charge in [0, 0.05) is 42.5 Å². The molecule has 0 saturated heterocycles. The number of rotatable bonds is 4. The standard InChI is InChI=1S/C17H19F3N2/c1-3-8-17(19,20)12-5-4-9-22(2)16(10-12)14-7-6-13(21)11-15(14)18/h3,5-7,10-11H,1,4,8-9,21H2,2H3. The van der Waals surface area contributed by atoms with Crippen molar-refractivity contribution in [1.29, 1.82) is 0 Å². The van der Waals surface area contributed by atoms with Crippen molar-refractivity contribution in [1.82, 2.24) is 4.90 Å². The van der Waals surface area contributed by atoms with Crippen molar-refractivity contribution < 1.29 is 13.2 Å². The Balaban J connectivity index is 2.49. The maximum atomic E-state index is 14.2. The zero-order valence-electron chi connectivity index (χ0n) is 12.5. The van der Waals surface area contributed by atoms with Gasteiger partial charge in [0.2, 0.25) is 0 Å². The van der Waals surface area contributed by atoms with Gasteiger partial charge in [-0.25, -0.2) is 13.2 Å². The van der Waals surface area contributed by atoms with Crippen LogP contribution in [0, 0.1) is 5.82 Å². The zero-order valence-corrected chi connectivity index (χ0v) is 12.5. The van der Waals surface area contributed by atoms with Crippen molar-refractivity contribution in [3.05, 3.63) is 60.0 Å². The fraction of sp³-hybridized carbons (Fsp3) is 0.294. The molecule has 0 atom stereocenters. The van der Waals surface area contributed by atoms with Gasteiger partial charge in [-0.2, -0.15) is 0 Å². The molecule has 0 bridgehead atoms. The van der Waals surface area contributed by atoms with Gasteiger partial charge in [-0.1, -0.05) is 12.2 Å². The first-order valence-corrected chi connectivity index (χ1v) is 7.03. The molecule has 0 amide bonds. The molecule has 0 aromatic heterocycles. The van der Waals surface area contributed by atoms with Gasteiger partial charge in [0.1, 0.15) is 5.82 Å². The van der Waals surface area contributed by atoms with Crippen LogP contribution in [0.25, 0.3) is 5.70 Å². The first-order chi connectivity index (χ1) is 10.3. The van der Waals surface area contributed by atoms with Gasteiger partial charge in [0.05, 0.1) is 0 Å². The number of hydrogen-bond acceptors (Lipinski definition) is 2. The fourth-order valence-electron chi connectivity index (χ4n) is 2.43. The molecule has 0 unspecified atom stereocenters. The molecule has 1 aliphatic rings. The fourth-order valence-corrected chi connectivity index (χ4v) is 2.43. The van der Waals surface area contributed by atoms with Gasteiger partial charge >= 0.3 is 0 Å². The van der Waals surface area contributed by atoms with Crippen LogP contribution < -0.4 is 5.73 Å². The number of nitrogens with zero attached hydrogens (tertiary/aromatic N) is 1. The molecule has 2 rings (SSSR count). The Kier molecular flexibility index (Phi) is 4.64. The zero-order chi connectivity index (χ0) is 16.3. The average molecular weight is 308 g/mol. The quantitative estimate of drug-likeness (QED) is 0.666. The minimum absolute atomic E-state index is 0.108. The topological polar surface area (TPSA) is 29.3 Å². The van der Waals surface area contributed by atoms with E-state index in [1.54, 1.807) is 18.0 Å². The third-order valence-corrected chi connectivity index (χ3v) is 3.62. The summed E-state index contributed by atoms with van der Waals surface area (Å²) in [4.78, 5) is 1.77. The lowest BCUT2D eigenvalue weighted by Gasteiger charge is -2.22. The number of benzene rings is 1. The van der Waals surface area contributed by atoms with Crippen LogP contribution in [-0.4, -0.2) is 24.4 Å². The van der Waals surface area contributed by atoms with Crippen LogP contribution in [0.1, 0.15) is 18.4 Å². The van der Waals surface area contributed by atoms with Crippen molar-refractivity contribution in [2.75, 3.05) is 19.3 Å². The van der Waals surface area contributed by atoms with E-state index in [1.807, 2.05) is 0 Å². The second-order valence-electron chi connectivity index (χ2n) is 5.34. The summed E-state index contributed by atoms with van der Waals surface area (Å²) in [5.74, 6) is -3.53. The summed E-state index contributed by atoms with van der Waals surface area (Å²) >= 11 is 0. The molecule has 22 heavy (non-hydrogen) atoms. The highest BCUT2D eigenvalue weighted by atomic mass is 19.3. The molecule has 1 heterocycles. The summed E-state index contributed by atoms with van der Waals surface area (Å²) in [6.45, 7) is 3.90. The Labute approximate surface area is 128 Å². The molecule has 1 aromatic rings. The van der Waals surface area contributed by atoms with Gasteiger partial charge in [-0.05, 0) is 30.7 Å². The molecule has 5 heteroatoms. The predicted molar refractivity (Wildman–Crippen MR) is 83.9 cm³/mol. The first-order valence-electron chi connectivity index (χ1n) is 7.03. The van der Waals surface area contributed by atoms with Crippen molar-refractivity contribution in [2.45, 2.75) is 18.8 Å². The normalized spacial score (nSPS) is 15.9. The molecule has 0 saturated carbocycles. The second kappa shape index (κ2) is 6.30. The monoisotopic (exact) mass is 308 g/mol. The van der Waals surface area contributed by atoms with Gasteiger partial charge in [0.15, 0.2) is 0 Å². The predicted octanol–water partition coefficient (Wildman–Crippen LogP) is 4.22. The van der Waals surface area contributed by atoms with Crippen LogP contribution in [0.5, 0.6) is 0 Å². The third kappa shape index (κ3) is 3.35. The van der Waals surface area contributed by atoms with Crippen LogP contribution in [0.2, 0.25) is 0 Å². The molecule has 0 radical (unpaired) electrons. The molecule has 118 valence electrons. The Morgan fingerprint density at radius 2 is 2.14 bits per heavy atom. The highest BCUT2D eigenvalue weighted by Crippen LogP contribution is 2.35. The Morgan fingerprint density at radius 3 is 2.77 bits per heavy atom. The summed E-state index contributed by atoms with van der Waals surface area (Å²) in [6, 6.07) is 4.27. The maximum absolute atomic E-state index is 14.2. The van der Waals surface area contributed by atoms with Crippen LogP contribution in [0.4, 0.5) is 18.9 Å². The minimum Gasteiger partial charge on any atom is -0.399 e. The molecular weight excluding hydrogens is 289 g/mol. The van der Waals surface area contributed by atoms with E-state index in [0.717, 1.165) is 0 Å². The van der Waals surface area contributed by atoms with Crippen molar-refractivity contribution in [3.63, 3.8) is 0 Å². The number of hydrogen-bond donors (Lipinski definition) is 1. The lowest BCUT2D eigenvalue weighted by Crippen LogP contribution is -2.19. The summed E-state index contributed by atoms with van der Waals surface area (Å²) in [5, 5.41) is 0. The number of allylic oxidation sites excluding steroid dienone is 3. The van der Waals surface area contributed by atoms with Gasteiger partial charge in [-0.3, -0.25) is 0 Å². The lowest BCUT2D eigenvalue weighted by atomic mass is 10.0. The highest BCUT2D eigenvalue weighted by Gasteiger charge is 2.32. The van der Waals surface area contributed by atoms with Crippen molar-refractivity contribution >= 4 is 11.4 Å². The molecule has 1 aromatic carbocycles. The highest BCUT2D eigenvalue weighted by molar-refractivity contribution is 5.69. The molecule has 2 N–H and O–H groups in total. The summed E-state index contributed by atoms with van der Waals surface area (Å²) in [6.07, 6.45) is 4.06. The summed E-state index contributed by atoms with van der Waals surface area (Å²) in [7, 11) is 1.75. The van der Waals surface area contributed by atoms with E-state index in [-0.39, 0.29) is 11.1 Å². The van der Waals surface area contributed by atoms with Crippen LogP contribution >= 0.6 is 0 Å². The second-order valence-corrected chi connectivity index (χ2v) is 5.34. The van der Waals surface area contributed by atoms with E-state index in [1.165, 1.54) is 30.4 Å². The summed E-state index contributed by atoms with van der Waals surface area (Å²) < 4.78 is 42.5. The van der Waals surface area contributed by atoms with Crippen molar-refractivity contribution in [3.8, 4) is 0 Å². The van der Waals surface area contributed by atoms with Crippen LogP contribution in [0.15, 0.2) is 48.6 Å². The van der Waals surface area contributed by atoms with Gasteiger partial charge < -0.3 is 10.6 Å². The van der Waals surface area contributed by atoms with Crippen molar-refractivity contribution in [2.24, 2.45) is 0 Å². The smallest absolute Gasteiger partial charge is 0.276 e. The maximum Gasteiger partial charge on any atom is 0.276 e. The first kappa shape index (κ1) is 16.2. The van der Waals surface area contributed by atoms with E-state index in [9.17, 15) is 13.2 Å². The van der Waals surface area contributed by atoms with E-state index in [0.29, 0.717) is 24.4 Å². The molecule has 1 aliphatic heterocycles. The van der Waals surface area contributed by atoms with Crippen LogP contribution in [-0.2, 0) is 0 Å². The molecule has 0 fully saturated rings. The summed E-state index contributed by atoms with van der Waals surface area (Å²) in [5.41, 5.74) is 6.42. The van der Waals surface area contributed by atoms with Gasteiger partial charge in [0.25, 0.3) is 5.92 Å². The number of nitrogens with two attached hydrogens (primary N) is 1. The number of halogens is 3. The molecule has 0 spiro atoms. The minimum atomic E-state index is -3.01. The average Bonchev–Trinajstić information content (AvgIpc) is 2.61. The Hall–Kier alpha value is -2.17. The molecule has 0 aliphatic carbocycles. The largest absolute Gasteiger partial charge is 0.399 e. The Morgan fingerprint density at radius 1 is 1.41 bits per heavy atom. The SMILES string of the molecule is C=CCC(F)(F)C1=CCCN(C)C(c2ccc(N)cc2F)=C1. The van der Waals surface area contributed by atoms with E-state index in [2.05, 4.69) is 6.58 Å². The number of anilines is 1. The molecular formula is C17H19F3N2. The van der Waals surface area contributed by atoms with E-state index >= 15 is 0 Å².